The van der Waals surface area contributed by atoms with Crippen LogP contribution in [0.4, 0.5) is 10.5 Å². The summed E-state index contributed by atoms with van der Waals surface area (Å²) in [5.74, 6) is 0.223. The van der Waals surface area contributed by atoms with E-state index in [-0.39, 0.29) is 17.3 Å². The molecule has 3 rings (SSSR count). The third kappa shape index (κ3) is 4.49. The molecular weight excluding hydrogens is 405 g/mol. The Morgan fingerprint density at radius 1 is 1.15 bits per heavy atom. The van der Waals surface area contributed by atoms with Crippen LogP contribution in [0.5, 0.6) is 5.75 Å². The van der Waals surface area contributed by atoms with Crippen LogP contribution in [-0.2, 0) is 4.79 Å². The van der Waals surface area contributed by atoms with Crippen LogP contribution in [0.15, 0.2) is 47.4 Å². The number of ether oxygens (including phenoxy) is 1. The Hall–Kier alpha value is -1.95. The zero-order valence-electron chi connectivity index (χ0n) is 14.7. The lowest BCUT2D eigenvalue weighted by molar-refractivity contribution is -0.113. The molecule has 2 aromatic carbocycles. The first kappa shape index (κ1) is 19.8. The average Bonchev–Trinajstić information content (AvgIpc) is 2.91. The highest BCUT2D eigenvalue weighted by Crippen LogP contribution is 2.37. The zero-order valence-corrected chi connectivity index (χ0v) is 17.1. The molecule has 0 spiro atoms. The summed E-state index contributed by atoms with van der Waals surface area (Å²) < 4.78 is 5.74. The molecule has 0 N–H and O–H groups in total. The number of amides is 2. The molecule has 1 fully saturated rings. The van der Waals surface area contributed by atoms with Crippen molar-refractivity contribution in [3.8, 4) is 5.75 Å². The number of carbonyl (C=O) groups is 2. The van der Waals surface area contributed by atoms with Gasteiger partial charge in [0.15, 0.2) is 0 Å². The molecule has 1 saturated heterocycles. The van der Waals surface area contributed by atoms with E-state index in [1.54, 1.807) is 48.5 Å². The van der Waals surface area contributed by atoms with E-state index < -0.39 is 0 Å². The van der Waals surface area contributed by atoms with E-state index in [1.165, 1.54) is 0 Å². The minimum absolute atomic E-state index is 0.0595. The lowest BCUT2D eigenvalue weighted by Crippen LogP contribution is -2.27. The van der Waals surface area contributed by atoms with Crippen molar-refractivity contribution < 1.29 is 14.3 Å². The standard InChI is InChI=1S/C20H17Cl2NO3S/c1-3-12(2)26-17-9-4-13(10-16(17)22)11-18-19(24)23(20(25)27-18)15-7-5-14(21)6-8-15/h4-12H,3H2,1-2H3/b18-11+/t12-/m1/s1. The van der Waals surface area contributed by atoms with Crippen molar-refractivity contribution in [2.45, 2.75) is 26.4 Å². The van der Waals surface area contributed by atoms with Gasteiger partial charge in [-0.2, -0.15) is 0 Å². The molecule has 7 heteroatoms. The highest BCUT2D eigenvalue weighted by molar-refractivity contribution is 8.19. The number of imide groups is 1. The summed E-state index contributed by atoms with van der Waals surface area (Å²) in [6.07, 6.45) is 2.58. The molecule has 1 aliphatic rings. The monoisotopic (exact) mass is 421 g/mol. The quantitative estimate of drug-likeness (QED) is 0.523. The van der Waals surface area contributed by atoms with Crippen LogP contribution in [0.1, 0.15) is 25.8 Å². The summed E-state index contributed by atoms with van der Waals surface area (Å²) in [7, 11) is 0. The Morgan fingerprint density at radius 2 is 1.85 bits per heavy atom. The molecular formula is C20H17Cl2NO3S. The van der Waals surface area contributed by atoms with Gasteiger partial charge in [-0.3, -0.25) is 9.59 Å². The minimum Gasteiger partial charge on any atom is -0.489 e. The summed E-state index contributed by atoms with van der Waals surface area (Å²) in [4.78, 5) is 26.4. The van der Waals surface area contributed by atoms with Crippen molar-refractivity contribution in [3.63, 3.8) is 0 Å². The predicted molar refractivity (Wildman–Crippen MR) is 112 cm³/mol. The van der Waals surface area contributed by atoms with Crippen LogP contribution >= 0.6 is 35.0 Å². The number of anilines is 1. The maximum atomic E-state index is 12.7. The van der Waals surface area contributed by atoms with E-state index in [1.807, 2.05) is 13.8 Å². The maximum Gasteiger partial charge on any atom is 0.298 e. The number of halogens is 2. The largest absolute Gasteiger partial charge is 0.489 e. The Kier molecular flexibility index (Phi) is 6.15. The first-order chi connectivity index (χ1) is 12.9. The van der Waals surface area contributed by atoms with Crippen molar-refractivity contribution >= 4 is 57.9 Å². The first-order valence-corrected chi connectivity index (χ1v) is 9.96. The summed E-state index contributed by atoms with van der Waals surface area (Å²) in [5.41, 5.74) is 1.21. The van der Waals surface area contributed by atoms with Crippen LogP contribution < -0.4 is 9.64 Å². The summed E-state index contributed by atoms with van der Waals surface area (Å²) in [6, 6.07) is 11.8. The second kappa shape index (κ2) is 8.38. The van der Waals surface area contributed by atoms with Gasteiger partial charge >= 0.3 is 0 Å². The van der Waals surface area contributed by atoms with E-state index in [9.17, 15) is 9.59 Å². The number of hydrogen-bond donors (Lipinski definition) is 0. The van der Waals surface area contributed by atoms with Gasteiger partial charge in [0.2, 0.25) is 0 Å². The van der Waals surface area contributed by atoms with Gasteiger partial charge < -0.3 is 4.74 Å². The first-order valence-electron chi connectivity index (χ1n) is 8.38. The van der Waals surface area contributed by atoms with Gasteiger partial charge in [-0.1, -0.05) is 36.2 Å². The van der Waals surface area contributed by atoms with E-state index in [4.69, 9.17) is 27.9 Å². The van der Waals surface area contributed by atoms with E-state index in [0.29, 0.717) is 26.4 Å². The van der Waals surface area contributed by atoms with Crippen molar-refractivity contribution in [1.82, 2.24) is 0 Å². The van der Waals surface area contributed by atoms with Gasteiger partial charge in [0.1, 0.15) is 5.75 Å². The fraction of sp³-hybridized carbons (Fsp3) is 0.200. The molecule has 140 valence electrons. The molecule has 27 heavy (non-hydrogen) atoms. The summed E-state index contributed by atoms with van der Waals surface area (Å²) >= 11 is 13.0. The van der Waals surface area contributed by atoms with Gasteiger partial charge in [-0.25, -0.2) is 4.90 Å². The van der Waals surface area contributed by atoms with Crippen LogP contribution in [0.3, 0.4) is 0 Å². The van der Waals surface area contributed by atoms with Gasteiger partial charge in [0.25, 0.3) is 11.1 Å². The highest BCUT2D eigenvalue weighted by atomic mass is 35.5. The smallest absolute Gasteiger partial charge is 0.298 e. The molecule has 1 heterocycles. The van der Waals surface area contributed by atoms with Gasteiger partial charge in [-0.05, 0) is 73.1 Å². The van der Waals surface area contributed by atoms with E-state index in [2.05, 4.69) is 0 Å². The lowest BCUT2D eigenvalue weighted by atomic mass is 10.2. The maximum absolute atomic E-state index is 12.7. The third-order valence-electron chi connectivity index (χ3n) is 4.04. The van der Waals surface area contributed by atoms with Crippen molar-refractivity contribution in [2.24, 2.45) is 0 Å². The fourth-order valence-electron chi connectivity index (χ4n) is 2.43. The molecule has 0 aliphatic carbocycles. The topological polar surface area (TPSA) is 46.6 Å². The Balaban J connectivity index is 1.83. The van der Waals surface area contributed by atoms with Gasteiger partial charge in [0.05, 0.1) is 21.7 Å². The molecule has 2 amide bonds. The Bertz CT molecular complexity index is 912. The molecule has 4 nitrogen and oxygen atoms in total. The SMILES string of the molecule is CC[C@@H](C)Oc1ccc(/C=C2/SC(=O)N(c3ccc(Cl)cc3)C2=O)cc1Cl. The number of nitrogens with zero attached hydrogens (tertiary/aromatic N) is 1. The van der Waals surface area contributed by atoms with Crippen LogP contribution in [0.25, 0.3) is 6.08 Å². The number of hydrogen-bond acceptors (Lipinski definition) is 4. The Labute approximate surface area is 172 Å². The number of rotatable bonds is 5. The number of carbonyl (C=O) groups excluding carboxylic acids is 2. The molecule has 0 bridgehead atoms. The number of thioether (sulfide) groups is 1. The van der Waals surface area contributed by atoms with Crippen molar-refractivity contribution in [2.75, 3.05) is 4.90 Å². The third-order valence-corrected chi connectivity index (χ3v) is 5.45. The highest BCUT2D eigenvalue weighted by Gasteiger charge is 2.36. The molecule has 1 atom stereocenters. The fourth-order valence-corrected chi connectivity index (χ4v) is 3.64. The van der Waals surface area contributed by atoms with Gasteiger partial charge in [-0.15, -0.1) is 0 Å². The van der Waals surface area contributed by atoms with Crippen molar-refractivity contribution in [1.29, 1.82) is 0 Å². The van der Waals surface area contributed by atoms with Crippen LogP contribution in [0.2, 0.25) is 10.0 Å². The number of benzene rings is 2. The summed E-state index contributed by atoms with van der Waals surface area (Å²) in [5, 5.41) is 0.646. The zero-order chi connectivity index (χ0) is 19.6. The Morgan fingerprint density at radius 3 is 2.48 bits per heavy atom. The minimum atomic E-state index is -0.372. The van der Waals surface area contributed by atoms with Crippen molar-refractivity contribution in [3.05, 3.63) is 63.0 Å². The van der Waals surface area contributed by atoms with E-state index in [0.717, 1.165) is 28.6 Å². The van der Waals surface area contributed by atoms with E-state index >= 15 is 0 Å². The molecule has 1 aliphatic heterocycles. The molecule has 0 unspecified atom stereocenters. The van der Waals surface area contributed by atoms with Crippen LogP contribution in [0, 0.1) is 0 Å². The molecule has 2 aromatic rings. The van der Waals surface area contributed by atoms with Gasteiger partial charge in [0, 0.05) is 5.02 Å². The lowest BCUT2D eigenvalue weighted by Gasteiger charge is -2.14. The molecule has 0 saturated carbocycles. The normalized spacial score (nSPS) is 16.9. The molecule has 0 radical (unpaired) electrons. The second-order valence-electron chi connectivity index (χ2n) is 6.02. The average molecular weight is 422 g/mol. The predicted octanol–water partition coefficient (Wildman–Crippen LogP) is 6.41. The van der Waals surface area contributed by atoms with Crippen LogP contribution in [-0.4, -0.2) is 17.3 Å². The second-order valence-corrected chi connectivity index (χ2v) is 7.86. The molecule has 0 aromatic heterocycles. The summed E-state index contributed by atoms with van der Waals surface area (Å²) in [6.45, 7) is 4.00.